The van der Waals surface area contributed by atoms with E-state index in [0.29, 0.717) is 11.6 Å². The second-order valence-corrected chi connectivity index (χ2v) is 5.22. The molecule has 1 aliphatic rings. The Morgan fingerprint density at radius 3 is 2.90 bits per heavy atom. The molecule has 3 rings (SSSR count). The summed E-state index contributed by atoms with van der Waals surface area (Å²) in [5, 5.41) is 3.06. The minimum absolute atomic E-state index is 0.688. The molecular weight excluding hydrogens is 264 g/mol. The summed E-state index contributed by atoms with van der Waals surface area (Å²) < 4.78 is 5.53. The summed E-state index contributed by atoms with van der Waals surface area (Å²) in [6.07, 6.45) is 3.80. The Bertz CT molecular complexity index is 657. The SMILES string of the molecule is CNc1ncnc(N2CCCc3cc(C)ccc32)c1OC. The van der Waals surface area contributed by atoms with Crippen LogP contribution < -0.4 is 15.0 Å². The number of rotatable bonds is 3. The predicted molar refractivity (Wildman–Crippen MR) is 84.6 cm³/mol. The van der Waals surface area contributed by atoms with Gasteiger partial charge >= 0.3 is 0 Å². The molecule has 5 heteroatoms. The molecule has 0 saturated carbocycles. The molecule has 1 N–H and O–H groups in total. The molecule has 2 heterocycles. The molecular formula is C16H20N4O. The second kappa shape index (κ2) is 5.60. The molecule has 0 fully saturated rings. The van der Waals surface area contributed by atoms with Crippen molar-refractivity contribution in [3.63, 3.8) is 0 Å². The molecule has 21 heavy (non-hydrogen) atoms. The smallest absolute Gasteiger partial charge is 0.204 e. The lowest BCUT2D eigenvalue weighted by Crippen LogP contribution is -2.26. The molecule has 0 saturated heterocycles. The third-order valence-electron chi connectivity index (χ3n) is 3.84. The third kappa shape index (κ3) is 2.39. The summed E-state index contributed by atoms with van der Waals surface area (Å²) in [4.78, 5) is 10.9. The summed E-state index contributed by atoms with van der Waals surface area (Å²) in [6, 6.07) is 6.57. The van der Waals surface area contributed by atoms with Crippen LogP contribution in [0, 0.1) is 6.92 Å². The van der Waals surface area contributed by atoms with Crippen LogP contribution in [-0.2, 0) is 6.42 Å². The number of fused-ring (bicyclic) bond motifs is 1. The quantitative estimate of drug-likeness (QED) is 0.939. The maximum Gasteiger partial charge on any atom is 0.204 e. The van der Waals surface area contributed by atoms with Crippen LogP contribution in [-0.4, -0.2) is 30.7 Å². The van der Waals surface area contributed by atoms with Crippen molar-refractivity contribution in [3.8, 4) is 5.75 Å². The van der Waals surface area contributed by atoms with Crippen LogP contribution >= 0.6 is 0 Å². The third-order valence-corrected chi connectivity index (χ3v) is 3.84. The van der Waals surface area contributed by atoms with Gasteiger partial charge < -0.3 is 15.0 Å². The van der Waals surface area contributed by atoms with Crippen molar-refractivity contribution in [1.82, 2.24) is 9.97 Å². The molecule has 1 aromatic heterocycles. The van der Waals surface area contributed by atoms with Gasteiger partial charge in [0.2, 0.25) is 5.75 Å². The topological polar surface area (TPSA) is 50.3 Å². The fourth-order valence-corrected chi connectivity index (χ4v) is 2.87. The van der Waals surface area contributed by atoms with E-state index < -0.39 is 0 Å². The first kappa shape index (κ1) is 13.7. The average molecular weight is 284 g/mol. The zero-order valence-corrected chi connectivity index (χ0v) is 12.7. The number of aromatic nitrogens is 2. The Morgan fingerprint density at radius 1 is 1.29 bits per heavy atom. The van der Waals surface area contributed by atoms with Crippen molar-refractivity contribution >= 4 is 17.3 Å². The minimum Gasteiger partial charge on any atom is -0.490 e. The molecule has 0 amide bonds. The number of nitrogens with zero attached hydrogens (tertiary/aromatic N) is 3. The molecule has 110 valence electrons. The van der Waals surface area contributed by atoms with Crippen molar-refractivity contribution in [2.24, 2.45) is 0 Å². The number of anilines is 3. The predicted octanol–water partition coefficient (Wildman–Crippen LogP) is 2.92. The van der Waals surface area contributed by atoms with Crippen molar-refractivity contribution in [1.29, 1.82) is 0 Å². The lowest BCUT2D eigenvalue weighted by Gasteiger charge is -2.31. The van der Waals surface area contributed by atoms with Crippen LogP contribution in [0.5, 0.6) is 5.75 Å². The largest absolute Gasteiger partial charge is 0.490 e. The summed E-state index contributed by atoms with van der Waals surface area (Å²) >= 11 is 0. The van der Waals surface area contributed by atoms with Crippen molar-refractivity contribution in [2.45, 2.75) is 19.8 Å². The van der Waals surface area contributed by atoms with Gasteiger partial charge in [-0.1, -0.05) is 17.7 Å². The van der Waals surface area contributed by atoms with E-state index in [1.165, 1.54) is 16.8 Å². The van der Waals surface area contributed by atoms with E-state index >= 15 is 0 Å². The van der Waals surface area contributed by atoms with Gasteiger partial charge in [-0.3, -0.25) is 0 Å². The summed E-state index contributed by atoms with van der Waals surface area (Å²) in [6.45, 7) is 3.07. The maximum absolute atomic E-state index is 5.53. The molecule has 0 bridgehead atoms. The summed E-state index contributed by atoms with van der Waals surface area (Å²) in [5.74, 6) is 2.22. The fourth-order valence-electron chi connectivity index (χ4n) is 2.87. The van der Waals surface area contributed by atoms with Gasteiger partial charge in [0.05, 0.1) is 7.11 Å². The molecule has 0 atom stereocenters. The Balaban J connectivity index is 2.11. The first-order valence-corrected chi connectivity index (χ1v) is 7.18. The van der Waals surface area contributed by atoms with Crippen LogP contribution in [0.25, 0.3) is 0 Å². The van der Waals surface area contributed by atoms with Gasteiger partial charge in [0.15, 0.2) is 11.6 Å². The number of nitrogens with one attached hydrogen (secondary N) is 1. The normalized spacial score (nSPS) is 13.8. The second-order valence-electron chi connectivity index (χ2n) is 5.22. The van der Waals surface area contributed by atoms with Crippen molar-refractivity contribution < 1.29 is 4.74 Å². The monoisotopic (exact) mass is 284 g/mol. The highest BCUT2D eigenvalue weighted by Crippen LogP contribution is 2.39. The standard InChI is InChI=1S/C16H20N4O/c1-11-6-7-13-12(9-11)5-4-8-20(13)16-14(21-3)15(17-2)18-10-19-16/h6-7,9-10H,4-5,8H2,1-3H3,(H,17,18,19). The van der Waals surface area contributed by atoms with Gasteiger partial charge in [-0.25, -0.2) is 9.97 Å². The highest BCUT2D eigenvalue weighted by molar-refractivity contribution is 5.74. The Labute approximate surface area is 125 Å². The van der Waals surface area contributed by atoms with Gasteiger partial charge in [0.25, 0.3) is 0 Å². The van der Waals surface area contributed by atoms with E-state index in [2.05, 4.69) is 45.3 Å². The van der Waals surface area contributed by atoms with E-state index in [0.717, 1.165) is 25.2 Å². The maximum atomic E-state index is 5.53. The number of hydrogen-bond donors (Lipinski definition) is 1. The number of ether oxygens (including phenoxy) is 1. The van der Waals surface area contributed by atoms with Crippen LogP contribution in [0.15, 0.2) is 24.5 Å². The Kier molecular flexibility index (Phi) is 3.64. The number of benzene rings is 1. The molecule has 0 spiro atoms. The molecule has 1 aliphatic heterocycles. The van der Waals surface area contributed by atoms with Gasteiger partial charge in [0.1, 0.15) is 6.33 Å². The molecule has 2 aromatic rings. The summed E-state index contributed by atoms with van der Waals surface area (Å²) in [7, 11) is 3.49. The fraction of sp³-hybridized carbons (Fsp3) is 0.375. The van der Waals surface area contributed by atoms with E-state index in [-0.39, 0.29) is 0 Å². The van der Waals surface area contributed by atoms with Gasteiger partial charge in [-0.05, 0) is 31.4 Å². The molecule has 0 radical (unpaired) electrons. The van der Waals surface area contributed by atoms with Crippen LogP contribution in [0.2, 0.25) is 0 Å². The van der Waals surface area contributed by atoms with Crippen LogP contribution in [0.4, 0.5) is 17.3 Å². The first-order valence-electron chi connectivity index (χ1n) is 7.18. The van der Waals surface area contributed by atoms with E-state index in [4.69, 9.17) is 4.74 Å². The highest BCUT2D eigenvalue weighted by atomic mass is 16.5. The lowest BCUT2D eigenvalue weighted by molar-refractivity contribution is 0.413. The van der Waals surface area contributed by atoms with Crippen LogP contribution in [0.3, 0.4) is 0 Å². The number of methoxy groups -OCH3 is 1. The van der Waals surface area contributed by atoms with Crippen molar-refractivity contribution in [3.05, 3.63) is 35.7 Å². The first-order chi connectivity index (χ1) is 10.2. The average Bonchev–Trinajstić information content (AvgIpc) is 2.53. The van der Waals surface area contributed by atoms with Crippen LogP contribution in [0.1, 0.15) is 17.5 Å². The Hall–Kier alpha value is -2.30. The highest BCUT2D eigenvalue weighted by Gasteiger charge is 2.23. The molecule has 5 nitrogen and oxygen atoms in total. The van der Waals surface area contributed by atoms with E-state index in [1.54, 1.807) is 13.4 Å². The zero-order chi connectivity index (χ0) is 14.8. The number of aryl methyl sites for hydroxylation is 2. The summed E-state index contributed by atoms with van der Waals surface area (Å²) in [5.41, 5.74) is 3.87. The molecule has 1 aromatic carbocycles. The van der Waals surface area contributed by atoms with Crippen molar-refractivity contribution in [2.75, 3.05) is 30.9 Å². The van der Waals surface area contributed by atoms with Gasteiger partial charge in [-0.15, -0.1) is 0 Å². The lowest BCUT2D eigenvalue weighted by atomic mass is 9.99. The van der Waals surface area contributed by atoms with E-state index in [1.807, 2.05) is 7.05 Å². The molecule has 0 aliphatic carbocycles. The minimum atomic E-state index is 0.688. The van der Waals surface area contributed by atoms with Gasteiger partial charge in [-0.2, -0.15) is 0 Å². The number of hydrogen-bond acceptors (Lipinski definition) is 5. The van der Waals surface area contributed by atoms with Gasteiger partial charge in [0, 0.05) is 19.3 Å². The molecule has 0 unspecified atom stereocenters. The van der Waals surface area contributed by atoms with E-state index in [9.17, 15) is 0 Å². The Morgan fingerprint density at radius 2 is 2.14 bits per heavy atom. The zero-order valence-electron chi connectivity index (χ0n) is 12.7.